The predicted molar refractivity (Wildman–Crippen MR) is 126 cm³/mol. The normalized spacial score (nSPS) is 14.9. The van der Waals surface area contributed by atoms with Crippen LogP contribution < -0.4 is 0 Å². The predicted octanol–water partition coefficient (Wildman–Crippen LogP) is 9.22. The Morgan fingerprint density at radius 1 is 0.528 bits per heavy atom. The third-order valence-corrected chi connectivity index (χ3v) is 11.6. The van der Waals surface area contributed by atoms with Gasteiger partial charge < -0.3 is 0 Å². The molecule has 0 N–H and O–H groups in total. The molecule has 3 nitrogen and oxygen atoms in total. The van der Waals surface area contributed by atoms with Crippen LogP contribution in [-0.2, 0) is 13.7 Å². The summed E-state index contributed by atoms with van der Waals surface area (Å²) < 4.78 is 150. The summed E-state index contributed by atoms with van der Waals surface area (Å²) in [6, 6.07) is 0. The number of hydrogen-bond donors (Lipinski definition) is 0. The van der Waals surface area contributed by atoms with Gasteiger partial charge in [0.25, 0.3) is 0 Å². The van der Waals surface area contributed by atoms with Crippen LogP contribution in [0.15, 0.2) is 0 Å². The van der Waals surface area contributed by atoms with E-state index >= 15 is 0 Å². The standard InChI is InChI=1S/C22H39F9O3S2/c1-4-7-10-11-12-15-18-35(16-13-8-5-2,17-14-9-6-3)34-36(32,33)22(30,31)20(25,26)19(23,24)21(27,28)29/h4-18H2,1-3H3. The van der Waals surface area contributed by atoms with Crippen molar-refractivity contribution in [1.82, 2.24) is 0 Å². The topological polar surface area (TPSA) is 43.4 Å². The highest BCUT2D eigenvalue weighted by Gasteiger charge is 2.86. The van der Waals surface area contributed by atoms with Gasteiger partial charge in [0, 0.05) is 17.3 Å². The zero-order valence-electron chi connectivity index (χ0n) is 21.0. The molecule has 0 rings (SSSR count). The average Bonchev–Trinajstić information content (AvgIpc) is 2.75. The molecule has 0 aromatic heterocycles. The van der Waals surface area contributed by atoms with E-state index < -0.39 is 43.7 Å². The number of halogens is 9. The Kier molecular flexibility index (Phi) is 14.5. The zero-order valence-corrected chi connectivity index (χ0v) is 22.7. The van der Waals surface area contributed by atoms with E-state index in [-0.39, 0.29) is 17.3 Å². The average molecular weight is 587 g/mol. The van der Waals surface area contributed by atoms with Crippen LogP contribution >= 0.6 is 10.3 Å². The lowest BCUT2D eigenvalue weighted by Crippen LogP contribution is -2.63. The van der Waals surface area contributed by atoms with Gasteiger partial charge in [-0.1, -0.05) is 78.6 Å². The molecule has 36 heavy (non-hydrogen) atoms. The van der Waals surface area contributed by atoms with E-state index in [2.05, 4.69) is 0 Å². The molecule has 0 aromatic rings. The van der Waals surface area contributed by atoms with Gasteiger partial charge in [-0.15, -0.1) is 10.3 Å². The van der Waals surface area contributed by atoms with Crippen LogP contribution in [0, 0.1) is 0 Å². The first-order chi connectivity index (χ1) is 16.4. The van der Waals surface area contributed by atoms with E-state index in [9.17, 15) is 47.9 Å². The van der Waals surface area contributed by atoms with Crippen LogP contribution in [-0.4, -0.2) is 49.0 Å². The number of unbranched alkanes of at least 4 members (excludes halogenated alkanes) is 9. The molecule has 0 bridgehead atoms. The van der Waals surface area contributed by atoms with Crippen LogP contribution in [0.25, 0.3) is 0 Å². The van der Waals surface area contributed by atoms with Gasteiger partial charge in [0.15, 0.2) is 0 Å². The molecule has 0 aliphatic carbocycles. The van der Waals surface area contributed by atoms with Crippen molar-refractivity contribution < 1.29 is 51.6 Å². The molecule has 0 heterocycles. The van der Waals surface area contributed by atoms with Gasteiger partial charge in [-0.3, -0.25) is 0 Å². The van der Waals surface area contributed by atoms with Crippen LogP contribution in [0.4, 0.5) is 39.5 Å². The fourth-order valence-corrected chi connectivity index (χ4v) is 9.46. The summed E-state index contributed by atoms with van der Waals surface area (Å²) in [6.07, 6.45) is 0.344. The fourth-order valence-electron chi connectivity index (χ4n) is 3.53. The van der Waals surface area contributed by atoms with E-state index in [1.807, 2.05) is 20.8 Å². The van der Waals surface area contributed by atoms with Crippen LogP contribution in [0.1, 0.15) is 97.8 Å². The Hall–Kier alpha value is -0.370. The number of rotatable bonds is 20. The molecule has 0 fully saturated rings. The quantitative estimate of drug-likeness (QED) is 0.106. The summed E-state index contributed by atoms with van der Waals surface area (Å²) in [5.41, 5.74) is 0. The monoisotopic (exact) mass is 586 g/mol. The van der Waals surface area contributed by atoms with Crippen molar-refractivity contribution in [3.63, 3.8) is 0 Å². The summed E-state index contributed by atoms with van der Waals surface area (Å²) >= 11 is 0. The lowest BCUT2D eigenvalue weighted by molar-refractivity contribution is -0.382. The molecular weight excluding hydrogens is 547 g/mol. The van der Waals surface area contributed by atoms with Gasteiger partial charge in [-0.05, 0) is 19.3 Å². The molecule has 0 atom stereocenters. The van der Waals surface area contributed by atoms with Gasteiger partial charge in [0.2, 0.25) is 0 Å². The lowest BCUT2D eigenvalue weighted by Gasteiger charge is -2.41. The first kappa shape index (κ1) is 35.6. The minimum atomic E-state index is -7.30. The van der Waals surface area contributed by atoms with Crippen molar-refractivity contribution in [1.29, 1.82) is 0 Å². The SMILES string of the molecule is CCCCCCCCS(CCCCC)(CCCCC)OS(=O)(=O)C(F)(F)C(F)(F)C(F)(F)C(F)(F)F. The minimum Gasteiger partial charge on any atom is -0.215 e. The van der Waals surface area contributed by atoms with E-state index in [1.54, 1.807) is 0 Å². The molecule has 0 spiro atoms. The summed E-state index contributed by atoms with van der Waals surface area (Å²) in [5, 5.41) is -6.81. The maximum absolute atomic E-state index is 14.4. The first-order valence-corrected chi connectivity index (χ1v) is 15.8. The fraction of sp³-hybridized carbons (Fsp3) is 1.00. The van der Waals surface area contributed by atoms with E-state index in [1.165, 1.54) is 0 Å². The second-order valence-corrected chi connectivity index (χ2v) is 14.1. The lowest BCUT2D eigenvalue weighted by atomic mass is 10.1. The van der Waals surface area contributed by atoms with Crippen LogP contribution in [0.5, 0.6) is 0 Å². The number of hydrogen-bond acceptors (Lipinski definition) is 3. The largest absolute Gasteiger partial charge is 0.460 e. The van der Waals surface area contributed by atoms with Crippen LogP contribution in [0.2, 0.25) is 0 Å². The second-order valence-electron chi connectivity index (χ2n) is 8.95. The van der Waals surface area contributed by atoms with Gasteiger partial charge in [-0.2, -0.15) is 47.9 Å². The van der Waals surface area contributed by atoms with E-state index in [0.29, 0.717) is 51.4 Å². The molecule has 0 aliphatic heterocycles. The molecular formula is C22H39F9O3S2. The van der Waals surface area contributed by atoms with Gasteiger partial charge >= 0.3 is 33.4 Å². The third-order valence-electron chi connectivity index (χ3n) is 5.77. The maximum Gasteiger partial charge on any atom is 0.460 e. The molecule has 0 aliphatic rings. The maximum atomic E-state index is 14.4. The molecule has 0 saturated carbocycles. The molecule has 0 unspecified atom stereocenters. The molecule has 0 radical (unpaired) electrons. The first-order valence-electron chi connectivity index (χ1n) is 12.3. The molecule has 0 amide bonds. The van der Waals surface area contributed by atoms with Crippen molar-refractivity contribution in [2.75, 3.05) is 17.3 Å². The van der Waals surface area contributed by atoms with Gasteiger partial charge in [0.05, 0.1) is 0 Å². The Morgan fingerprint density at radius 2 is 0.861 bits per heavy atom. The smallest absolute Gasteiger partial charge is 0.215 e. The summed E-state index contributed by atoms with van der Waals surface area (Å²) in [4.78, 5) is 0. The van der Waals surface area contributed by atoms with Crippen molar-refractivity contribution in [3.05, 3.63) is 0 Å². The van der Waals surface area contributed by atoms with E-state index in [0.717, 1.165) is 25.7 Å². The summed E-state index contributed by atoms with van der Waals surface area (Å²) in [5.74, 6) is -14.8. The molecule has 220 valence electrons. The molecule has 0 saturated heterocycles. The van der Waals surface area contributed by atoms with E-state index in [4.69, 9.17) is 3.63 Å². The van der Waals surface area contributed by atoms with Crippen molar-refractivity contribution in [2.45, 2.75) is 121 Å². The molecule has 0 aromatic carbocycles. The van der Waals surface area contributed by atoms with Gasteiger partial charge in [-0.25, -0.2) is 3.63 Å². The Balaban J connectivity index is 6.20. The van der Waals surface area contributed by atoms with Gasteiger partial charge in [0.1, 0.15) is 0 Å². The summed E-state index contributed by atoms with van der Waals surface area (Å²) in [6.45, 7) is 5.62. The van der Waals surface area contributed by atoms with Crippen molar-refractivity contribution in [3.8, 4) is 0 Å². The van der Waals surface area contributed by atoms with Crippen LogP contribution in [0.3, 0.4) is 0 Å². The highest BCUT2D eigenvalue weighted by atomic mass is 32.3. The Labute approximate surface area is 210 Å². The highest BCUT2D eigenvalue weighted by Crippen LogP contribution is 2.59. The summed E-state index contributed by atoms with van der Waals surface area (Å²) in [7, 11) is -9.91. The van der Waals surface area contributed by atoms with Crippen molar-refractivity contribution >= 4 is 20.4 Å². The Morgan fingerprint density at radius 3 is 1.25 bits per heavy atom. The zero-order chi connectivity index (χ0) is 28.3. The third kappa shape index (κ3) is 9.13. The minimum absolute atomic E-state index is 0.0525. The second kappa shape index (κ2) is 14.7. The Bertz CT molecular complexity index is 717. The molecule has 14 heteroatoms. The number of alkyl halides is 9. The highest BCUT2D eigenvalue weighted by molar-refractivity contribution is 8.33. The van der Waals surface area contributed by atoms with Crippen molar-refractivity contribution in [2.24, 2.45) is 0 Å².